The Morgan fingerprint density at radius 2 is 1.71 bits per heavy atom. The summed E-state index contributed by atoms with van der Waals surface area (Å²) < 4.78 is 12.3. The van der Waals surface area contributed by atoms with E-state index in [2.05, 4.69) is 45.5 Å². The Morgan fingerprint density at radius 3 is 2.46 bits per heavy atom. The van der Waals surface area contributed by atoms with E-state index in [-0.39, 0.29) is 5.57 Å². The van der Waals surface area contributed by atoms with E-state index in [0.29, 0.717) is 34.7 Å². The van der Waals surface area contributed by atoms with Gasteiger partial charge in [-0.2, -0.15) is 5.26 Å². The van der Waals surface area contributed by atoms with Gasteiger partial charge in [-0.3, -0.25) is 4.79 Å². The van der Waals surface area contributed by atoms with Gasteiger partial charge in [0.2, 0.25) is 0 Å². The number of rotatable bonds is 8. The molecule has 0 aliphatic heterocycles. The molecule has 174 valence electrons. The van der Waals surface area contributed by atoms with E-state index in [1.807, 2.05) is 54.6 Å². The van der Waals surface area contributed by atoms with Gasteiger partial charge in [0.25, 0.3) is 5.91 Å². The van der Waals surface area contributed by atoms with Crippen LogP contribution in [0.3, 0.4) is 0 Å². The van der Waals surface area contributed by atoms with Crippen molar-refractivity contribution in [2.24, 2.45) is 0 Å². The number of nitrogens with one attached hydrogen (secondary N) is 1. The predicted molar refractivity (Wildman–Crippen MR) is 141 cm³/mol. The van der Waals surface area contributed by atoms with Crippen molar-refractivity contribution in [1.29, 1.82) is 5.26 Å². The zero-order chi connectivity index (χ0) is 24.6. The molecule has 1 amide bonds. The van der Waals surface area contributed by atoms with Crippen LogP contribution in [0.1, 0.15) is 16.7 Å². The lowest BCUT2D eigenvalue weighted by Gasteiger charge is -2.14. The number of hydrogen-bond acceptors (Lipinski definition) is 4. The first-order valence-corrected chi connectivity index (χ1v) is 11.8. The van der Waals surface area contributed by atoms with Crippen molar-refractivity contribution in [1.82, 2.24) is 5.32 Å². The van der Waals surface area contributed by atoms with Crippen LogP contribution >= 0.6 is 15.9 Å². The summed E-state index contributed by atoms with van der Waals surface area (Å²) in [6.07, 6.45) is 1.53. The molecule has 1 N–H and O–H groups in total. The summed E-state index contributed by atoms with van der Waals surface area (Å²) >= 11 is 3.54. The van der Waals surface area contributed by atoms with Gasteiger partial charge in [-0.1, -0.05) is 66.7 Å². The second kappa shape index (κ2) is 11.4. The molecule has 0 bridgehead atoms. The van der Waals surface area contributed by atoms with E-state index in [4.69, 9.17) is 9.47 Å². The van der Waals surface area contributed by atoms with Crippen LogP contribution in [0.4, 0.5) is 0 Å². The topological polar surface area (TPSA) is 71.3 Å². The summed E-state index contributed by atoms with van der Waals surface area (Å²) in [4.78, 5) is 12.5. The lowest BCUT2D eigenvalue weighted by Crippen LogP contribution is -2.23. The van der Waals surface area contributed by atoms with Crippen molar-refractivity contribution in [3.63, 3.8) is 0 Å². The molecule has 0 aromatic heterocycles. The molecule has 4 aromatic rings. The average Bonchev–Trinajstić information content (AvgIpc) is 2.89. The molecule has 0 aliphatic carbocycles. The number of halogens is 1. The maximum atomic E-state index is 12.5. The van der Waals surface area contributed by atoms with Crippen molar-refractivity contribution in [3.05, 3.63) is 112 Å². The molecule has 0 heterocycles. The van der Waals surface area contributed by atoms with Gasteiger partial charge < -0.3 is 14.8 Å². The SMILES string of the molecule is COc1cc(/C=C(/C#N)C(=O)NCc2ccccc2)cc(Br)c1OCc1ccc2ccccc2c1. The Labute approximate surface area is 212 Å². The van der Waals surface area contributed by atoms with Crippen molar-refractivity contribution in [3.8, 4) is 17.6 Å². The van der Waals surface area contributed by atoms with Gasteiger partial charge in [0.05, 0.1) is 11.6 Å². The maximum Gasteiger partial charge on any atom is 0.262 e. The third kappa shape index (κ3) is 6.08. The molecule has 6 heteroatoms. The minimum absolute atomic E-state index is 0.000263. The summed E-state index contributed by atoms with van der Waals surface area (Å²) in [6, 6.07) is 29.4. The third-order valence-corrected chi connectivity index (χ3v) is 6.01. The average molecular weight is 527 g/mol. The molecule has 0 aliphatic rings. The number of fused-ring (bicyclic) bond motifs is 1. The lowest BCUT2D eigenvalue weighted by molar-refractivity contribution is -0.117. The summed E-state index contributed by atoms with van der Waals surface area (Å²) in [5, 5.41) is 14.6. The van der Waals surface area contributed by atoms with E-state index in [1.165, 1.54) is 11.5 Å². The van der Waals surface area contributed by atoms with Crippen LogP contribution in [0.25, 0.3) is 16.8 Å². The van der Waals surface area contributed by atoms with Crippen LogP contribution in [0, 0.1) is 11.3 Å². The Morgan fingerprint density at radius 1 is 0.971 bits per heavy atom. The largest absolute Gasteiger partial charge is 0.493 e. The second-order valence-electron chi connectivity index (χ2n) is 7.84. The van der Waals surface area contributed by atoms with Gasteiger partial charge in [-0.05, 0) is 67.7 Å². The first-order valence-electron chi connectivity index (χ1n) is 11.0. The highest BCUT2D eigenvalue weighted by Gasteiger charge is 2.14. The highest BCUT2D eigenvalue weighted by Crippen LogP contribution is 2.38. The van der Waals surface area contributed by atoms with E-state index in [0.717, 1.165) is 16.5 Å². The lowest BCUT2D eigenvalue weighted by atomic mass is 10.1. The minimum Gasteiger partial charge on any atom is -0.493 e. The third-order valence-electron chi connectivity index (χ3n) is 5.42. The fourth-order valence-corrected chi connectivity index (χ4v) is 4.21. The summed E-state index contributed by atoms with van der Waals surface area (Å²) in [7, 11) is 1.55. The molecule has 0 radical (unpaired) electrons. The first kappa shape index (κ1) is 24.1. The molecular weight excluding hydrogens is 504 g/mol. The number of amides is 1. The quantitative estimate of drug-likeness (QED) is 0.212. The summed E-state index contributed by atoms with van der Waals surface area (Å²) in [5.41, 5.74) is 2.62. The highest BCUT2D eigenvalue weighted by molar-refractivity contribution is 9.10. The van der Waals surface area contributed by atoms with Crippen LogP contribution in [0.2, 0.25) is 0 Å². The molecular formula is C29H23BrN2O3. The molecule has 35 heavy (non-hydrogen) atoms. The Hall–Kier alpha value is -4.08. The minimum atomic E-state index is -0.442. The van der Waals surface area contributed by atoms with E-state index in [9.17, 15) is 10.1 Å². The molecule has 0 unspecified atom stereocenters. The number of nitrogens with zero attached hydrogens (tertiary/aromatic N) is 1. The van der Waals surface area contributed by atoms with Gasteiger partial charge in [0, 0.05) is 6.54 Å². The van der Waals surface area contributed by atoms with Gasteiger partial charge >= 0.3 is 0 Å². The maximum absolute atomic E-state index is 12.5. The number of methoxy groups -OCH3 is 1. The van der Waals surface area contributed by atoms with E-state index >= 15 is 0 Å². The molecule has 0 spiro atoms. The number of carbonyl (C=O) groups is 1. The monoisotopic (exact) mass is 526 g/mol. The Kier molecular flexibility index (Phi) is 7.81. The number of nitriles is 1. The smallest absolute Gasteiger partial charge is 0.262 e. The standard InChI is InChI=1S/C29H23BrN2O3/c1-34-27-16-22(14-25(17-31)29(33)32-18-20-7-3-2-4-8-20)15-26(30)28(27)35-19-21-11-12-23-9-5-6-10-24(23)13-21/h2-16H,18-19H2,1H3,(H,32,33)/b25-14-. The fourth-order valence-electron chi connectivity index (χ4n) is 3.64. The predicted octanol–water partition coefficient (Wildman–Crippen LogP) is 6.41. The van der Waals surface area contributed by atoms with Crippen molar-refractivity contribution in [2.75, 3.05) is 7.11 Å². The number of ether oxygens (including phenoxy) is 2. The molecule has 4 rings (SSSR count). The van der Waals surface area contributed by atoms with E-state index in [1.54, 1.807) is 19.2 Å². The zero-order valence-corrected chi connectivity index (χ0v) is 20.7. The Bertz CT molecular complexity index is 1430. The molecule has 5 nitrogen and oxygen atoms in total. The zero-order valence-electron chi connectivity index (χ0n) is 19.1. The van der Waals surface area contributed by atoms with Crippen molar-refractivity contribution >= 4 is 38.7 Å². The number of hydrogen-bond donors (Lipinski definition) is 1. The molecule has 0 fully saturated rings. The van der Waals surface area contributed by atoms with Crippen molar-refractivity contribution in [2.45, 2.75) is 13.2 Å². The van der Waals surface area contributed by atoms with Gasteiger partial charge in [-0.25, -0.2) is 0 Å². The van der Waals surface area contributed by atoms with Crippen LogP contribution < -0.4 is 14.8 Å². The number of carbonyl (C=O) groups excluding carboxylic acids is 1. The summed E-state index contributed by atoms with van der Waals surface area (Å²) in [5.74, 6) is 0.598. The normalized spacial score (nSPS) is 11.1. The van der Waals surface area contributed by atoms with Crippen molar-refractivity contribution < 1.29 is 14.3 Å². The fraction of sp³-hybridized carbons (Fsp3) is 0.103. The van der Waals surface area contributed by atoms with E-state index < -0.39 is 5.91 Å². The number of benzene rings is 4. The first-order chi connectivity index (χ1) is 17.1. The Balaban J connectivity index is 1.50. The summed E-state index contributed by atoms with van der Waals surface area (Å²) in [6.45, 7) is 0.702. The van der Waals surface area contributed by atoms with Crippen LogP contribution in [0.15, 0.2) is 95.0 Å². The second-order valence-corrected chi connectivity index (χ2v) is 8.70. The van der Waals surface area contributed by atoms with Crippen LogP contribution in [-0.2, 0) is 17.9 Å². The van der Waals surface area contributed by atoms with Crippen LogP contribution in [-0.4, -0.2) is 13.0 Å². The molecule has 0 saturated carbocycles. The van der Waals surface area contributed by atoms with Crippen LogP contribution in [0.5, 0.6) is 11.5 Å². The van der Waals surface area contributed by atoms with Gasteiger partial charge in [-0.15, -0.1) is 0 Å². The van der Waals surface area contributed by atoms with Gasteiger partial charge in [0.1, 0.15) is 18.2 Å². The molecule has 0 atom stereocenters. The molecule has 4 aromatic carbocycles. The molecule has 0 saturated heterocycles. The van der Waals surface area contributed by atoms with Gasteiger partial charge in [0.15, 0.2) is 11.5 Å². The highest BCUT2D eigenvalue weighted by atomic mass is 79.9.